The van der Waals surface area contributed by atoms with Crippen LogP contribution in [0.1, 0.15) is 32.4 Å². The topological polar surface area (TPSA) is 50.4 Å². The molecule has 108 valence electrons. The van der Waals surface area contributed by atoms with E-state index in [1.807, 2.05) is 45.0 Å². The Morgan fingerprint density at radius 2 is 2.00 bits per heavy atom. The Morgan fingerprint density at radius 3 is 2.58 bits per heavy atom. The van der Waals surface area contributed by atoms with E-state index in [9.17, 15) is 4.79 Å². The summed E-state index contributed by atoms with van der Waals surface area (Å²) in [5, 5.41) is 5.75. The second-order valence-electron chi connectivity index (χ2n) is 4.56. The molecule has 1 atom stereocenters. The number of hydrogen-bond donors (Lipinski definition) is 2. The average Bonchev–Trinajstić information content (AvgIpc) is 2.28. The van der Waals surface area contributed by atoms with Crippen molar-refractivity contribution in [1.29, 1.82) is 0 Å². The first kappa shape index (κ1) is 17.7. The lowest BCUT2D eigenvalue weighted by atomic mass is 10.1. The predicted molar refractivity (Wildman–Crippen MR) is 79.9 cm³/mol. The Bertz CT molecular complexity index is 397. The van der Waals surface area contributed by atoms with Gasteiger partial charge in [0.25, 0.3) is 0 Å². The molecule has 0 aliphatic heterocycles. The van der Waals surface area contributed by atoms with Gasteiger partial charge in [0.15, 0.2) is 0 Å². The fourth-order valence-electron chi connectivity index (χ4n) is 1.67. The molecule has 0 spiro atoms. The molecule has 0 aliphatic rings. The molecular formula is C14H23ClN2O2. The highest BCUT2D eigenvalue weighted by Gasteiger charge is 2.09. The van der Waals surface area contributed by atoms with Crippen molar-refractivity contribution in [3.05, 3.63) is 29.8 Å². The summed E-state index contributed by atoms with van der Waals surface area (Å²) in [5.41, 5.74) is 1.04. The minimum Gasteiger partial charge on any atom is -0.491 e. The van der Waals surface area contributed by atoms with Crippen LogP contribution in [-0.2, 0) is 4.79 Å². The highest BCUT2D eigenvalue weighted by Crippen LogP contribution is 2.19. The van der Waals surface area contributed by atoms with Gasteiger partial charge in [-0.2, -0.15) is 0 Å². The van der Waals surface area contributed by atoms with E-state index in [4.69, 9.17) is 4.74 Å². The molecule has 0 bridgehead atoms. The lowest BCUT2D eigenvalue weighted by molar-refractivity contribution is -0.120. The van der Waals surface area contributed by atoms with Crippen molar-refractivity contribution in [2.45, 2.75) is 32.9 Å². The maximum absolute atomic E-state index is 11.5. The number of hydrogen-bond acceptors (Lipinski definition) is 3. The summed E-state index contributed by atoms with van der Waals surface area (Å²) < 4.78 is 5.63. The van der Waals surface area contributed by atoms with Gasteiger partial charge in [-0.25, -0.2) is 0 Å². The van der Waals surface area contributed by atoms with E-state index in [0.717, 1.165) is 11.3 Å². The SMILES string of the molecule is CNCC(=O)NC(C)c1cccc(OC(C)C)c1.Cl. The molecule has 1 unspecified atom stereocenters. The maximum atomic E-state index is 11.5. The summed E-state index contributed by atoms with van der Waals surface area (Å²) in [6.45, 7) is 6.27. The summed E-state index contributed by atoms with van der Waals surface area (Å²) in [6, 6.07) is 7.78. The number of amides is 1. The zero-order chi connectivity index (χ0) is 13.5. The molecule has 0 radical (unpaired) electrons. The van der Waals surface area contributed by atoms with Crippen LogP contribution in [-0.4, -0.2) is 25.6 Å². The van der Waals surface area contributed by atoms with E-state index < -0.39 is 0 Å². The van der Waals surface area contributed by atoms with Crippen molar-refractivity contribution in [3.63, 3.8) is 0 Å². The minimum atomic E-state index is -0.0263. The monoisotopic (exact) mass is 286 g/mol. The van der Waals surface area contributed by atoms with E-state index in [-0.39, 0.29) is 30.5 Å². The molecule has 1 aromatic rings. The highest BCUT2D eigenvalue weighted by atomic mass is 35.5. The number of halogens is 1. The quantitative estimate of drug-likeness (QED) is 0.844. The molecular weight excluding hydrogens is 264 g/mol. The Labute approximate surface area is 121 Å². The van der Waals surface area contributed by atoms with Gasteiger partial charge in [-0.1, -0.05) is 12.1 Å². The number of carbonyl (C=O) groups excluding carboxylic acids is 1. The van der Waals surface area contributed by atoms with Gasteiger partial charge in [-0.3, -0.25) is 4.79 Å². The zero-order valence-electron chi connectivity index (χ0n) is 11.9. The fraction of sp³-hybridized carbons (Fsp3) is 0.500. The van der Waals surface area contributed by atoms with Crippen molar-refractivity contribution in [1.82, 2.24) is 10.6 Å². The zero-order valence-corrected chi connectivity index (χ0v) is 12.7. The standard InChI is InChI=1S/C14H22N2O2.ClH/c1-10(2)18-13-7-5-6-12(8-13)11(3)16-14(17)9-15-4;/h5-8,10-11,15H,9H2,1-4H3,(H,16,17);1H. The first-order chi connectivity index (χ1) is 8.52. The van der Waals surface area contributed by atoms with Crippen molar-refractivity contribution in [2.75, 3.05) is 13.6 Å². The summed E-state index contributed by atoms with van der Waals surface area (Å²) >= 11 is 0. The van der Waals surface area contributed by atoms with Crippen molar-refractivity contribution >= 4 is 18.3 Å². The molecule has 4 nitrogen and oxygen atoms in total. The molecule has 2 N–H and O–H groups in total. The third-order valence-corrected chi connectivity index (χ3v) is 2.44. The van der Waals surface area contributed by atoms with E-state index >= 15 is 0 Å². The second-order valence-corrected chi connectivity index (χ2v) is 4.56. The van der Waals surface area contributed by atoms with Crippen LogP contribution in [0.2, 0.25) is 0 Å². The van der Waals surface area contributed by atoms with E-state index in [1.54, 1.807) is 7.05 Å². The van der Waals surface area contributed by atoms with Gasteiger partial charge in [0.2, 0.25) is 5.91 Å². The van der Waals surface area contributed by atoms with Crippen LogP contribution in [0.4, 0.5) is 0 Å². The van der Waals surface area contributed by atoms with Crippen LogP contribution in [0.3, 0.4) is 0 Å². The van der Waals surface area contributed by atoms with E-state index in [1.165, 1.54) is 0 Å². The molecule has 0 saturated heterocycles. The molecule has 0 aliphatic carbocycles. The van der Waals surface area contributed by atoms with Gasteiger partial charge < -0.3 is 15.4 Å². The molecule has 0 heterocycles. The molecule has 0 aromatic heterocycles. The summed E-state index contributed by atoms with van der Waals surface area (Å²) in [6.07, 6.45) is 0.148. The number of ether oxygens (including phenoxy) is 1. The summed E-state index contributed by atoms with van der Waals surface area (Å²) in [4.78, 5) is 11.5. The van der Waals surface area contributed by atoms with Crippen LogP contribution < -0.4 is 15.4 Å². The van der Waals surface area contributed by atoms with Gasteiger partial charge in [-0.05, 0) is 45.5 Å². The fourth-order valence-corrected chi connectivity index (χ4v) is 1.67. The number of benzene rings is 1. The Morgan fingerprint density at radius 1 is 1.32 bits per heavy atom. The number of rotatable bonds is 6. The lowest BCUT2D eigenvalue weighted by Crippen LogP contribution is -2.33. The van der Waals surface area contributed by atoms with Crippen molar-refractivity contribution < 1.29 is 9.53 Å². The third kappa shape index (κ3) is 6.45. The molecule has 1 rings (SSSR count). The summed E-state index contributed by atoms with van der Waals surface area (Å²) in [5.74, 6) is 0.817. The smallest absolute Gasteiger partial charge is 0.234 e. The Kier molecular flexibility index (Phi) is 8.19. The Hall–Kier alpha value is -1.26. The van der Waals surface area contributed by atoms with Gasteiger partial charge in [0, 0.05) is 0 Å². The van der Waals surface area contributed by atoms with Crippen LogP contribution in [0.25, 0.3) is 0 Å². The van der Waals surface area contributed by atoms with Gasteiger partial charge in [0.1, 0.15) is 5.75 Å². The van der Waals surface area contributed by atoms with Crippen LogP contribution in [0.15, 0.2) is 24.3 Å². The molecule has 19 heavy (non-hydrogen) atoms. The normalized spacial score (nSPS) is 11.6. The summed E-state index contributed by atoms with van der Waals surface area (Å²) in [7, 11) is 1.75. The van der Waals surface area contributed by atoms with Gasteiger partial charge in [0.05, 0.1) is 18.7 Å². The molecule has 0 fully saturated rings. The second kappa shape index (κ2) is 8.77. The largest absolute Gasteiger partial charge is 0.491 e. The highest BCUT2D eigenvalue weighted by molar-refractivity contribution is 5.85. The molecule has 5 heteroatoms. The number of carbonyl (C=O) groups is 1. The van der Waals surface area contributed by atoms with E-state index in [0.29, 0.717) is 6.54 Å². The molecule has 1 amide bonds. The molecule has 1 aromatic carbocycles. The van der Waals surface area contributed by atoms with Crippen LogP contribution >= 0.6 is 12.4 Å². The number of nitrogens with one attached hydrogen (secondary N) is 2. The lowest BCUT2D eigenvalue weighted by Gasteiger charge is -2.16. The van der Waals surface area contributed by atoms with E-state index in [2.05, 4.69) is 10.6 Å². The Balaban J connectivity index is 0.00000324. The first-order valence-corrected chi connectivity index (χ1v) is 6.23. The molecule has 0 saturated carbocycles. The van der Waals surface area contributed by atoms with Crippen molar-refractivity contribution in [3.8, 4) is 5.75 Å². The third-order valence-electron chi connectivity index (χ3n) is 2.44. The van der Waals surface area contributed by atoms with Crippen molar-refractivity contribution in [2.24, 2.45) is 0 Å². The maximum Gasteiger partial charge on any atom is 0.234 e. The van der Waals surface area contributed by atoms with Crippen LogP contribution in [0.5, 0.6) is 5.75 Å². The predicted octanol–water partition coefficient (Wildman–Crippen LogP) is 2.29. The first-order valence-electron chi connectivity index (χ1n) is 6.23. The van der Waals surface area contributed by atoms with Crippen LogP contribution in [0, 0.1) is 0 Å². The average molecular weight is 287 g/mol. The van der Waals surface area contributed by atoms with Gasteiger partial charge >= 0.3 is 0 Å². The number of likely N-dealkylation sites (N-methyl/N-ethyl adjacent to an activating group) is 1. The minimum absolute atomic E-state index is 0. The van der Waals surface area contributed by atoms with Gasteiger partial charge in [-0.15, -0.1) is 12.4 Å².